The van der Waals surface area contributed by atoms with E-state index in [1.807, 2.05) is 0 Å². The molecule has 6 heteroatoms. The van der Waals surface area contributed by atoms with Gasteiger partial charge in [-0.15, -0.1) is 0 Å². The van der Waals surface area contributed by atoms with Crippen molar-refractivity contribution in [2.75, 3.05) is 11.4 Å². The lowest BCUT2D eigenvalue weighted by molar-refractivity contribution is -0.121. The van der Waals surface area contributed by atoms with Crippen molar-refractivity contribution in [3.63, 3.8) is 0 Å². The van der Waals surface area contributed by atoms with Crippen molar-refractivity contribution in [3.8, 4) is 0 Å². The summed E-state index contributed by atoms with van der Waals surface area (Å²) in [4.78, 5) is 27.4. The third-order valence-electron chi connectivity index (χ3n) is 2.05. The van der Waals surface area contributed by atoms with Gasteiger partial charge < -0.3 is 0 Å². The maximum absolute atomic E-state index is 13.1. The summed E-state index contributed by atoms with van der Waals surface area (Å²) in [7, 11) is 0. The molecule has 0 atom stereocenters. The van der Waals surface area contributed by atoms with Crippen LogP contribution in [0.4, 0.5) is 10.2 Å². The van der Waals surface area contributed by atoms with Gasteiger partial charge in [0, 0.05) is 12.3 Å². The van der Waals surface area contributed by atoms with Gasteiger partial charge in [-0.25, -0.2) is 9.37 Å². The Morgan fingerprint density at radius 2 is 2.20 bits per heavy atom. The molecule has 1 aromatic rings. The zero-order valence-corrected chi connectivity index (χ0v) is 9.12. The molecule has 0 N–H and O–H groups in total. The fourth-order valence-electron chi connectivity index (χ4n) is 1.34. The maximum Gasteiger partial charge on any atom is 0.236 e. The molecule has 1 saturated heterocycles. The van der Waals surface area contributed by atoms with Gasteiger partial charge in [-0.3, -0.25) is 14.5 Å². The number of hydrogen-bond donors (Lipinski definition) is 0. The monoisotopic (exact) mass is 272 g/mol. The lowest BCUT2D eigenvalue weighted by atomic mass is 10.3. The van der Waals surface area contributed by atoms with Crippen LogP contribution < -0.4 is 4.90 Å². The molecule has 15 heavy (non-hydrogen) atoms. The molecular formula is C9H6BrFN2O2. The molecule has 0 unspecified atom stereocenters. The van der Waals surface area contributed by atoms with Gasteiger partial charge in [0.1, 0.15) is 11.6 Å². The third kappa shape index (κ3) is 1.90. The molecule has 2 rings (SSSR count). The molecular weight excluding hydrogens is 267 g/mol. The van der Waals surface area contributed by atoms with Crippen LogP contribution in [0.2, 0.25) is 0 Å². The van der Waals surface area contributed by atoms with Crippen molar-refractivity contribution in [1.29, 1.82) is 0 Å². The summed E-state index contributed by atoms with van der Waals surface area (Å²) < 4.78 is 13.4. The molecule has 1 aromatic heterocycles. The van der Waals surface area contributed by atoms with Gasteiger partial charge in [0.25, 0.3) is 0 Å². The predicted octanol–water partition coefficient (Wildman–Crippen LogP) is 1.29. The Hall–Kier alpha value is -1.30. The van der Waals surface area contributed by atoms with E-state index < -0.39 is 5.82 Å². The number of amides is 1. The molecule has 1 aliphatic heterocycles. The minimum Gasteiger partial charge on any atom is -0.297 e. The Labute approximate surface area is 93.2 Å². The quantitative estimate of drug-likeness (QED) is 0.724. The highest BCUT2D eigenvalue weighted by Gasteiger charge is 2.29. The van der Waals surface area contributed by atoms with Gasteiger partial charge in [-0.2, -0.15) is 0 Å². The van der Waals surface area contributed by atoms with E-state index in [1.54, 1.807) is 0 Å². The molecule has 1 amide bonds. The molecule has 1 aliphatic rings. The summed E-state index contributed by atoms with van der Waals surface area (Å²) in [5, 5.41) is 0. The Kier molecular flexibility index (Phi) is 2.52. The molecule has 0 saturated carbocycles. The van der Waals surface area contributed by atoms with Crippen molar-refractivity contribution in [1.82, 2.24) is 4.98 Å². The van der Waals surface area contributed by atoms with E-state index in [0.717, 1.165) is 6.07 Å². The summed E-state index contributed by atoms with van der Waals surface area (Å²) in [6.07, 6.45) is 1.14. The van der Waals surface area contributed by atoms with Crippen molar-refractivity contribution in [3.05, 3.63) is 22.6 Å². The first-order valence-corrected chi connectivity index (χ1v) is 5.00. The summed E-state index contributed by atoms with van der Waals surface area (Å²) in [5.74, 6) is -0.849. The topological polar surface area (TPSA) is 50.3 Å². The van der Waals surface area contributed by atoms with Crippen LogP contribution in [-0.2, 0) is 9.59 Å². The van der Waals surface area contributed by atoms with Crippen LogP contribution in [0.5, 0.6) is 0 Å². The lowest BCUT2D eigenvalue weighted by Crippen LogP contribution is -2.25. The first-order valence-electron chi connectivity index (χ1n) is 4.21. The van der Waals surface area contributed by atoms with Crippen LogP contribution in [0.1, 0.15) is 6.42 Å². The first kappa shape index (κ1) is 10.2. The van der Waals surface area contributed by atoms with Crippen LogP contribution in [0.25, 0.3) is 0 Å². The molecule has 4 nitrogen and oxygen atoms in total. The zero-order valence-electron chi connectivity index (χ0n) is 7.54. The highest BCUT2D eigenvalue weighted by Crippen LogP contribution is 2.22. The van der Waals surface area contributed by atoms with E-state index in [9.17, 15) is 14.0 Å². The number of nitrogens with zero attached hydrogens (tertiary/aromatic N) is 2. The number of aromatic nitrogens is 1. The number of anilines is 1. The van der Waals surface area contributed by atoms with Gasteiger partial charge in [-0.1, -0.05) is 0 Å². The molecule has 0 bridgehead atoms. The Balaban J connectivity index is 2.34. The summed E-state index contributed by atoms with van der Waals surface area (Å²) in [6.45, 7) is -0.0209. The van der Waals surface area contributed by atoms with E-state index in [1.165, 1.54) is 11.1 Å². The molecule has 78 valence electrons. The maximum atomic E-state index is 13.1. The smallest absolute Gasteiger partial charge is 0.236 e. The van der Waals surface area contributed by atoms with Crippen molar-refractivity contribution < 1.29 is 14.0 Å². The van der Waals surface area contributed by atoms with E-state index in [-0.39, 0.29) is 34.9 Å². The Morgan fingerprint density at radius 3 is 2.73 bits per heavy atom. The minimum absolute atomic E-state index is 0.0209. The molecule has 0 spiro atoms. The highest BCUT2D eigenvalue weighted by molar-refractivity contribution is 9.10. The van der Waals surface area contributed by atoms with Gasteiger partial charge >= 0.3 is 0 Å². The largest absolute Gasteiger partial charge is 0.297 e. The average molecular weight is 273 g/mol. The van der Waals surface area contributed by atoms with Crippen molar-refractivity contribution >= 4 is 33.4 Å². The molecule has 0 radical (unpaired) electrons. The van der Waals surface area contributed by atoms with E-state index in [4.69, 9.17) is 0 Å². The van der Waals surface area contributed by atoms with Crippen LogP contribution in [-0.4, -0.2) is 23.2 Å². The molecule has 1 fully saturated rings. The Morgan fingerprint density at radius 1 is 1.47 bits per heavy atom. The van der Waals surface area contributed by atoms with Gasteiger partial charge in [0.05, 0.1) is 17.4 Å². The Bertz CT molecular complexity index is 450. The lowest BCUT2D eigenvalue weighted by Gasteiger charge is -2.13. The normalized spacial score (nSPS) is 16.3. The van der Waals surface area contributed by atoms with E-state index in [2.05, 4.69) is 20.9 Å². The predicted molar refractivity (Wildman–Crippen MR) is 53.9 cm³/mol. The summed E-state index contributed by atoms with van der Waals surface area (Å²) in [5.41, 5.74) is 0. The van der Waals surface area contributed by atoms with E-state index >= 15 is 0 Å². The SMILES string of the molecule is O=C1CC(=O)N(c2cc(F)c(Br)cn2)C1. The van der Waals surface area contributed by atoms with Crippen molar-refractivity contribution in [2.24, 2.45) is 0 Å². The second-order valence-corrected chi connectivity index (χ2v) is 4.01. The first-order chi connectivity index (χ1) is 7.08. The second-order valence-electron chi connectivity index (χ2n) is 3.15. The zero-order chi connectivity index (χ0) is 11.0. The molecule has 0 aromatic carbocycles. The minimum atomic E-state index is -0.507. The second kappa shape index (κ2) is 3.69. The van der Waals surface area contributed by atoms with Crippen LogP contribution in [0.15, 0.2) is 16.7 Å². The summed E-state index contributed by atoms with van der Waals surface area (Å²) >= 11 is 2.96. The number of carbonyl (C=O) groups excluding carboxylic acids is 2. The van der Waals surface area contributed by atoms with Crippen LogP contribution in [0.3, 0.4) is 0 Å². The third-order valence-corrected chi connectivity index (χ3v) is 2.64. The number of rotatable bonds is 1. The fourth-order valence-corrected chi connectivity index (χ4v) is 1.56. The standard InChI is InChI=1S/C9H6BrFN2O2/c10-6-3-12-8(2-7(6)11)13-4-5(14)1-9(13)15/h2-3H,1,4H2. The van der Waals surface area contributed by atoms with Gasteiger partial charge in [0.15, 0.2) is 5.78 Å². The number of ketones is 1. The van der Waals surface area contributed by atoms with Gasteiger partial charge in [-0.05, 0) is 15.9 Å². The van der Waals surface area contributed by atoms with Crippen LogP contribution >= 0.6 is 15.9 Å². The molecule has 2 heterocycles. The number of halogens is 2. The average Bonchev–Trinajstić information content (AvgIpc) is 2.50. The number of carbonyl (C=O) groups is 2. The van der Waals surface area contributed by atoms with Crippen LogP contribution in [0, 0.1) is 5.82 Å². The highest BCUT2D eigenvalue weighted by atomic mass is 79.9. The van der Waals surface area contributed by atoms with Gasteiger partial charge in [0.2, 0.25) is 5.91 Å². The van der Waals surface area contributed by atoms with E-state index in [0.29, 0.717) is 0 Å². The molecule has 0 aliphatic carbocycles. The number of pyridine rings is 1. The number of Topliss-reactive ketones (excluding diaryl/α,β-unsaturated/α-hetero) is 1. The fraction of sp³-hybridized carbons (Fsp3) is 0.222. The van der Waals surface area contributed by atoms with Crippen molar-refractivity contribution in [2.45, 2.75) is 6.42 Å². The number of hydrogen-bond acceptors (Lipinski definition) is 3. The summed E-state index contributed by atoms with van der Waals surface area (Å²) in [6, 6.07) is 1.13.